The van der Waals surface area contributed by atoms with Gasteiger partial charge in [0.1, 0.15) is 11.5 Å². The van der Waals surface area contributed by atoms with Gasteiger partial charge in [0.2, 0.25) is 0 Å². The number of amides is 1. The summed E-state index contributed by atoms with van der Waals surface area (Å²) >= 11 is 0. The molecule has 2 aromatic carbocycles. The molecule has 1 aliphatic rings. The maximum Gasteiger partial charge on any atom is 0.251 e. The van der Waals surface area contributed by atoms with E-state index >= 15 is 4.39 Å². The number of aromatic nitrogens is 2. The van der Waals surface area contributed by atoms with Crippen LogP contribution in [0.2, 0.25) is 0 Å². The molecule has 0 aliphatic carbocycles. The standard InChI is InChI=1S/C30H30F2N4O4S/c1-17-5-6-20(11-27(17)41(4,38)39)30(37)34-14-22-12-26-21(13-33-22)7-10-25(35-26)23-8-9-24(31)29(28(23)32)36-15-18(2)40-19(3)16-36/h5-13,18-19H,14-16H2,1-4H3,(H,34,37)/t18-,19+. The number of rotatable bonds is 6. The lowest BCUT2D eigenvalue weighted by Crippen LogP contribution is -2.46. The van der Waals surface area contributed by atoms with Crippen molar-refractivity contribution in [3.63, 3.8) is 0 Å². The first kappa shape index (κ1) is 28.6. The number of anilines is 1. The fraction of sp³-hybridized carbons (Fsp3) is 0.300. The van der Waals surface area contributed by atoms with Crippen molar-refractivity contribution < 1.29 is 26.7 Å². The van der Waals surface area contributed by atoms with E-state index < -0.39 is 27.4 Å². The van der Waals surface area contributed by atoms with E-state index in [4.69, 9.17) is 4.74 Å². The molecule has 1 fully saturated rings. The van der Waals surface area contributed by atoms with E-state index in [2.05, 4.69) is 15.3 Å². The molecule has 0 bridgehead atoms. The van der Waals surface area contributed by atoms with Gasteiger partial charge in [0.05, 0.1) is 40.6 Å². The van der Waals surface area contributed by atoms with Crippen molar-refractivity contribution in [3.05, 3.63) is 83.2 Å². The minimum absolute atomic E-state index is 0.0607. The normalized spacial score (nSPS) is 17.6. The number of hydrogen-bond acceptors (Lipinski definition) is 7. The van der Waals surface area contributed by atoms with Gasteiger partial charge in [0.15, 0.2) is 15.7 Å². The second-order valence-corrected chi connectivity index (χ2v) is 12.4. The van der Waals surface area contributed by atoms with Crippen LogP contribution in [0.5, 0.6) is 0 Å². The van der Waals surface area contributed by atoms with Gasteiger partial charge in [-0.25, -0.2) is 22.2 Å². The number of halogens is 2. The number of benzene rings is 2. The molecule has 41 heavy (non-hydrogen) atoms. The first-order valence-electron chi connectivity index (χ1n) is 13.1. The quantitative estimate of drug-likeness (QED) is 0.349. The van der Waals surface area contributed by atoms with Gasteiger partial charge in [-0.15, -0.1) is 0 Å². The molecule has 0 saturated carbocycles. The molecular weight excluding hydrogens is 550 g/mol. The monoisotopic (exact) mass is 580 g/mol. The van der Waals surface area contributed by atoms with Crippen LogP contribution in [0.3, 0.4) is 0 Å². The molecule has 1 N–H and O–H groups in total. The summed E-state index contributed by atoms with van der Waals surface area (Å²) in [5.41, 5.74) is 2.20. The Balaban J connectivity index is 1.40. The van der Waals surface area contributed by atoms with Crippen molar-refractivity contribution >= 4 is 32.3 Å². The number of sulfone groups is 1. The Hall–Kier alpha value is -3.96. The van der Waals surface area contributed by atoms with E-state index in [1.54, 1.807) is 48.4 Å². The Bertz CT molecular complexity index is 1750. The molecule has 5 rings (SSSR count). The summed E-state index contributed by atoms with van der Waals surface area (Å²) in [6.07, 6.45) is 2.36. The van der Waals surface area contributed by atoms with E-state index in [-0.39, 0.29) is 40.5 Å². The summed E-state index contributed by atoms with van der Waals surface area (Å²) in [4.78, 5) is 23.5. The van der Waals surface area contributed by atoms with Crippen molar-refractivity contribution in [1.29, 1.82) is 0 Å². The van der Waals surface area contributed by atoms with Gasteiger partial charge in [-0.2, -0.15) is 0 Å². The van der Waals surface area contributed by atoms with Crippen molar-refractivity contribution in [2.45, 2.75) is 44.4 Å². The van der Waals surface area contributed by atoms with Crippen molar-refractivity contribution in [2.24, 2.45) is 0 Å². The molecule has 1 aliphatic heterocycles. The van der Waals surface area contributed by atoms with Crippen LogP contribution in [0.25, 0.3) is 22.2 Å². The summed E-state index contributed by atoms with van der Waals surface area (Å²) < 4.78 is 60.4. The highest BCUT2D eigenvalue weighted by Crippen LogP contribution is 2.34. The van der Waals surface area contributed by atoms with Gasteiger partial charge in [-0.1, -0.05) is 6.07 Å². The number of pyridine rings is 2. The molecular formula is C30H30F2N4O4S. The number of nitrogens with one attached hydrogen (secondary N) is 1. The largest absolute Gasteiger partial charge is 0.372 e. The molecule has 2 atom stereocenters. The summed E-state index contributed by atoms with van der Waals surface area (Å²) in [6.45, 7) is 6.20. The molecule has 214 valence electrons. The van der Waals surface area contributed by atoms with Crippen LogP contribution in [-0.4, -0.2) is 55.8 Å². The third kappa shape index (κ3) is 6.06. The maximum atomic E-state index is 15.8. The number of nitrogens with zero attached hydrogens (tertiary/aromatic N) is 3. The summed E-state index contributed by atoms with van der Waals surface area (Å²) in [6, 6.07) is 12.2. The molecule has 4 aromatic rings. The van der Waals surface area contributed by atoms with E-state index in [1.165, 1.54) is 18.2 Å². The Kier molecular flexibility index (Phi) is 7.76. The molecule has 11 heteroatoms. The zero-order valence-corrected chi connectivity index (χ0v) is 23.9. The lowest BCUT2D eigenvalue weighted by molar-refractivity contribution is -0.00557. The summed E-state index contributed by atoms with van der Waals surface area (Å²) in [5.74, 6) is -1.79. The topological polar surface area (TPSA) is 101 Å². The van der Waals surface area contributed by atoms with E-state index in [1.807, 2.05) is 13.8 Å². The number of carbonyl (C=O) groups excluding carboxylic acids is 1. The Morgan fingerprint density at radius 1 is 1.07 bits per heavy atom. The van der Waals surface area contributed by atoms with Gasteiger partial charge in [0.25, 0.3) is 5.91 Å². The average Bonchev–Trinajstić information content (AvgIpc) is 2.90. The van der Waals surface area contributed by atoms with Crippen LogP contribution in [0.1, 0.15) is 35.5 Å². The smallest absolute Gasteiger partial charge is 0.251 e. The van der Waals surface area contributed by atoms with E-state index in [9.17, 15) is 17.6 Å². The first-order valence-corrected chi connectivity index (χ1v) is 15.0. The second-order valence-electron chi connectivity index (χ2n) is 10.4. The predicted molar refractivity (Wildman–Crippen MR) is 153 cm³/mol. The molecule has 0 unspecified atom stereocenters. The van der Waals surface area contributed by atoms with Gasteiger partial charge in [-0.3, -0.25) is 9.78 Å². The second kappa shape index (κ2) is 11.1. The molecule has 8 nitrogen and oxygen atoms in total. The third-order valence-corrected chi connectivity index (χ3v) is 8.23. The third-order valence-electron chi connectivity index (χ3n) is 6.99. The van der Waals surface area contributed by atoms with Crippen LogP contribution in [-0.2, 0) is 21.1 Å². The first-order chi connectivity index (χ1) is 19.4. The molecule has 1 amide bonds. The number of aryl methyl sites for hydroxylation is 1. The summed E-state index contributed by atoms with van der Waals surface area (Å²) in [5, 5.41) is 3.46. The maximum absolute atomic E-state index is 15.8. The minimum atomic E-state index is -3.48. The highest BCUT2D eigenvalue weighted by Gasteiger charge is 2.28. The average molecular weight is 581 g/mol. The lowest BCUT2D eigenvalue weighted by atomic mass is 10.1. The number of fused-ring (bicyclic) bond motifs is 1. The minimum Gasteiger partial charge on any atom is -0.372 e. The fourth-order valence-corrected chi connectivity index (χ4v) is 6.10. The lowest BCUT2D eigenvalue weighted by Gasteiger charge is -2.37. The molecule has 2 aromatic heterocycles. The zero-order valence-electron chi connectivity index (χ0n) is 23.1. The van der Waals surface area contributed by atoms with Crippen LogP contribution >= 0.6 is 0 Å². The Morgan fingerprint density at radius 2 is 1.80 bits per heavy atom. The number of morpholine rings is 1. The van der Waals surface area contributed by atoms with Crippen LogP contribution in [0.4, 0.5) is 14.5 Å². The van der Waals surface area contributed by atoms with Crippen LogP contribution in [0.15, 0.2) is 59.6 Å². The van der Waals surface area contributed by atoms with Gasteiger partial charge < -0.3 is 15.0 Å². The Morgan fingerprint density at radius 3 is 2.51 bits per heavy atom. The number of hydrogen-bond donors (Lipinski definition) is 1. The number of carbonyl (C=O) groups is 1. The number of ether oxygens (including phenoxy) is 1. The molecule has 3 heterocycles. The highest BCUT2D eigenvalue weighted by molar-refractivity contribution is 7.90. The SMILES string of the molecule is Cc1ccc(C(=O)NCc2cc3nc(-c4ccc(F)c(N5C[C@@H](C)O[C@@H](C)C5)c4F)ccc3cn2)cc1S(C)(=O)=O. The molecule has 0 spiro atoms. The van der Waals surface area contributed by atoms with Crippen LogP contribution in [0, 0.1) is 18.6 Å². The van der Waals surface area contributed by atoms with Crippen molar-refractivity contribution in [3.8, 4) is 11.3 Å². The highest BCUT2D eigenvalue weighted by atomic mass is 32.2. The van der Waals surface area contributed by atoms with Crippen molar-refractivity contribution in [2.75, 3.05) is 24.2 Å². The van der Waals surface area contributed by atoms with Crippen LogP contribution < -0.4 is 10.2 Å². The van der Waals surface area contributed by atoms with Gasteiger partial charge in [-0.05, 0) is 68.8 Å². The van der Waals surface area contributed by atoms with Crippen molar-refractivity contribution in [1.82, 2.24) is 15.3 Å². The van der Waals surface area contributed by atoms with E-state index in [0.29, 0.717) is 40.9 Å². The Labute approximate surface area is 237 Å². The predicted octanol–water partition coefficient (Wildman–Crippen LogP) is 4.83. The molecule has 0 radical (unpaired) electrons. The van der Waals surface area contributed by atoms with E-state index in [0.717, 1.165) is 6.26 Å². The fourth-order valence-electron chi connectivity index (χ4n) is 5.11. The van der Waals surface area contributed by atoms with Gasteiger partial charge >= 0.3 is 0 Å². The zero-order chi connectivity index (χ0) is 29.5. The molecule has 1 saturated heterocycles. The van der Waals surface area contributed by atoms with Gasteiger partial charge in [0, 0.05) is 42.1 Å². The summed E-state index contributed by atoms with van der Waals surface area (Å²) in [7, 11) is -3.48.